The van der Waals surface area contributed by atoms with Gasteiger partial charge in [-0.15, -0.1) is 0 Å². The minimum Gasteiger partial charge on any atom is -0.493 e. The van der Waals surface area contributed by atoms with Gasteiger partial charge < -0.3 is 19.5 Å². The molecule has 1 heterocycles. The van der Waals surface area contributed by atoms with Crippen LogP contribution in [-0.4, -0.2) is 25.8 Å². The third-order valence-electron chi connectivity index (χ3n) is 3.39. The van der Waals surface area contributed by atoms with Crippen molar-refractivity contribution in [1.29, 1.82) is 0 Å². The first-order chi connectivity index (χ1) is 9.83. The number of esters is 1. The molecule has 1 amide bonds. The molecule has 0 unspecified atom stereocenters. The molecule has 0 aliphatic carbocycles. The summed E-state index contributed by atoms with van der Waals surface area (Å²) in [7, 11) is 1.50. The first-order valence-corrected chi connectivity index (χ1v) is 6.63. The van der Waals surface area contributed by atoms with Crippen LogP contribution in [0.15, 0.2) is 18.2 Å². The number of alkyl carbamates (subject to hydrolysis) is 1. The molecule has 6 nitrogen and oxygen atoms in total. The number of ether oxygens (including phenoxy) is 3. The normalized spacial score (nSPS) is 20.2. The van der Waals surface area contributed by atoms with Crippen LogP contribution in [0.3, 0.4) is 0 Å². The molecule has 0 saturated carbocycles. The van der Waals surface area contributed by atoms with Gasteiger partial charge in [-0.2, -0.15) is 0 Å². The molecule has 21 heavy (non-hydrogen) atoms. The summed E-state index contributed by atoms with van der Waals surface area (Å²) in [6, 6.07) is 5.02. The molecule has 1 aliphatic heterocycles. The van der Waals surface area contributed by atoms with Crippen molar-refractivity contribution < 1.29 is 23.8 Å². The number of hydrogen-bond donors (Lipinski definition) is 1. The summed E-state index contributed by atoms with van der Waals surface area (Å²) >= 11 is 0. The fourth-order valence-corrected chi connectivity index (χ4v) is 2.33. The van der Waals surface area contributed by atoms with Crippen LogP contribution in [0.4, 0.5) is 4.79 Å². The number of benzene rings is 1. The number of carbonyl (C=O) groups is 2. The number of rotatable bonds is 3. The van der Waals surface area contributed by atoms with Gasteiger partial charge in [-0.05, 0) is 17.7 Å². The van der Waals surface area contributed by atoms with Crippen molar-refractivity contribution in [2.24, 2.45) is 5.41 Å². The van der Waals surface area contributed by atoms with Crippen LogP contribution in [0.25, 0.3) is 0 Å². The minimum absolute atomic E-state index is 0.209. The minimum atomic E-state index is -0.442. The molecule has 1 aliphatic rings. The second-order valence-electron chi connectivity index (χ2n) is 5.65. The van der Waals surface area contributed by atoms with Crippen molar-refractivity contribution in [1.82, 2.24) is 5.32 Å². The van der Waals surface area contributed by atoms with Gasteiger partial charge in [0.2, 0.25) is 0 Å². The lowest BCUT2D eigenvalue weighted by atomic mass is 9.80. The number of hydrogen-bond acceptors (Lipinski definition) is 5. The van der Waals surface area contributed by atoms with E-state index in [0.717, 1.165) is 5.56 Å². The molecule has 1 N–H and O–H groups in total. The van der Waals surface area contributed by atoms with Crippen LogP contribution in [0.5, 0.6) is 11.5 Å². The van der Waals surface area contributed by atoms with E-state index in [9.17, 15) is 9.59 Å². The molecular weight excluding hydrogens is 274 g/mol. The highest BCUT2D eigenvalue weighted by atomic mass is 16.6. The summed E-state index contributed by atoms with van der Waals surface area (Å²) in [6.45, 7) is 5.67. The molecule has 1 fully saturated rings. The van der Waals surface area contributed by atoms with Gasteiger partial charge in [0.05, 0.1) is 13.2 Å². The lowest BCUT2D eigenvalue weighted by Crippen LogP contribution is -2.46. The van der Waals surface area contributed by atoms with Crippen LogP contribution < -0.4 is 14.8 Å². The first kappa shape index (κ1) is 15.2. The molecule has 2 rings (SSSR count). The smallest absolute Gasteiger partial charge is 0.407 e. The molecule has 6 heteroatoms. The highest BCUT2D eigenvalue weighted by Gasteiger charge is 2.38. The summed E-state index contributed by atoms with van der Waals surface area (Å²) in [6.07, 6.45) is -0.442. The molecule has 1 atom stereocenters. The zero-order valence-corrected chi connectivity index (χ0v) is 12.6. The average molecular weight is 293 g/mol. The van der Waals surface area contributed by atoms with Gasteiger partial charge in [0.15, 0.2) is 11.5 Å². The Hall–Kier alpha value is -2.24. The van der Waals surface area contributed by atoms with Gasteiger partial charge in [0, 0.05) is 12.3 Å². The predicted octanol–water partition coefficient (Wildman–Crippen LogP) is 2.43. The molecule has 0 radical (unpaired) electrons. The second-order valence-corrected chi connectivity index (χ2v) is 5.65. The van der Waals surface area contributed by atoms with Crippen LogP contribution in [0, 0.1) is 5.41 Å². The Kier molecular flexibility index (Phi) is 4.06. The van der Waals surface area contributed by atoms with Crippen molar-refractivity contribution in [2.45, 2.75) is 26.8 Å². The maximum atomic E-state index is 11.5. The second kappa shape index (κ2) is 5.63. The molecule has 1 saturated heterocycles. The van der Waals surface area contributed by atoms with E-state index in [-0.39, 0.29) is 11.5 Å². The quantitative estimate of drug-likeness (QED) is 0.684. The Morgan fingerprint density at radius 3 is 2.71 bits per heavy atom. The number of methoxy groups -OCH3 is 1. The topological polar surface area (TPSA) is 73.9 Å². The van der Waals surface area contributed by atoms with E-state index in [2.05, 4.69) is 5.32 Å². The van der Waals surface area contributed by atoms with Gasteiger partial charge in [-0.1, -0.05) is 19.9 Å². The molecule has 0 aromatic heterocycles. The molecular formula is C15H19NO5. The Labute approximate surface area is 123 Å². The fourth-order valence-electron chi connectivity index (χ4n) is 2.33. The standard InChI is InChI=1S/C15H19NO5/c1-9(17)21-11-6-5-10(7-12(11)19-4)13-15(2,3)8-20-14(18)16-13/h5-7,13H,8H2,1-4H3,(H,16,18)/t13-/m0/s1. The van der Waals surface area contributed by atoms with Crippen molar-refractivity contribution in [3.63, 3.8) is 0 Å². The largest absolute Gasteiger partial charge is 0.493 e. The Balaban J connectivity index is 2.35. The van der Waals surface area contributed by atoms with E-state index < -0.39 is 12.1 Å². The van der Waals surface area contributed by atoms with Crippen molar-refractivity contribution in [3.8, 4) is 11.5 Å². The Morgan fingerprint density at radius 2 is 2.10 bits per heavy atom. The first-order valence-electron chi connectivity index (χ1n) is 6.63. The third kappa shape index (κ3) is 3.26. The van der Waals surface area contributed by atoms with Crippen molar-refractivity contribution in [2.75, 3.05) is 13.7 Å². The Bertz CT molecular complexity index is 567. The molecule has 1 aromatic rings. The summed E-state index contributed by atoms with van der Waals surface area (Å²) in [5.74, 6) is 0.380. The number of nitrogens with one attached hydrogen (secondary N) is 1. The maximum absolute atomic E-state index is 11.5. The number of amides is 1. The highest BCUT2D eigenvalue weighted by Crippen LogP contribution is 2.39. The lowest BCUT2D eigenvalue weighted by molar-refractivity contribution is -0.132. The number of carbonyl (C=O) groups excluding carboxylic acids is 2. The van der Waals surface area contributed by atoms with E-state index in [1.54, 1.807) is 18.2 Å². The van der Waals surface area contributed by atoms with Crippen LogP contribution in [0.1, 0.15) is 32.4 Å². The van der Waals surface area contributed by atoms with Crippen LogP contribution in [-0.2, 0) is 9.53 Å². The van der Waals surface area contributed by atoms with Gasteiger partial charge in [-0.3, -0.25) is 4.79 Å². The van der Waals surface area contributed by atoms with E-state index in [0.29, 0.717) is 18.1 Å². The van der Waals surface area contributed by atoms with Crippen molar-refractivity contribution >= 4 is 12.1 Å². The predicted molar refractivity (Wildman–Crippen MR) is 75.3 cm³/mol. The zero-order valence-electron chi connectivity index (χ0n) is 12.6. The monoisotopic (exact) mass is 293 g/mol. The van der Waals surface area contributed by atoms with Crippen molar-refractivity contribution in [3.05, 3.63) is 23.8 Å². The zero-order chi connectivity index (χ0) is 15.6. The number of cyclic esters (lactones) is 1. The van der Waals surface area contributed by atoms with Crippen LogP contribution >= 0.6 is 0 Å². The molecule has 1 aromatic carbocycles. The van der Waals surface area contributed by atoms with E-state index in [1.165, 1.54) is 14.0 Å². The fraction of sp³-hybridized carbons (Fsp3) is 0.467. The summed E-state index contributed by atoms with van der Waals surface area (Å²) in [5.41, 5.74) is 0.603. The maximum Gasteiger partial charge on any atom is 0.407 e. The van der Waals surface area contributed by atoms with E-state index in [4.69, 9.17) is 14.2 Å². The van der Waals surface area contributed by atoms with Gasteiger partial charge in [-0.25, -0.2) is 4.79 Å². The summed E-state index contributed by atoms with van der Waals surface area (Å²) < 4.78 is 15.4. The average Bonchev–Trinajstić information content (AvgIpc) is 2.41. The van der Waals surface area contributed by atoms with E-state index in [1.807, 2.05) is 13.8 Å². The van der Waals surface area contributed by atoms with Gasteiger partial charge in [0.25, 0.3) is 0 Å². The molecule has 0 spiro atoms. The summed E-state index contributed by atoms with van der Waals surface area (Å²) in [4.78, 5) is 22.5. The lowest BCUT2D eigenvalue weighted by Gasteiger charge is -2.38. The van der Waals surface area contributed by atoms with Crippen LogP contribution in [0.2, 0.25) is 0 Å². The Morgan fingerprint density at radius 1 is 1.38 bits per heavy atom. The molecule has 0 bridgehead atoms. The highest BCUT2D eigenvalue weighted by molar-refractivity contribution is 5.71. The molecule has 114 valence electrons. The SMILES string of the molecule is COc1cc([C@@H]2NC(=O)OCC2(C)C)ccc1OC(C)=O. The third-order valence-corrected chi connectivity index (χ3v) is 3.39. The summed E-state index contributed by atoms with van der Waals surface area (Å²) in [5, 5.41) is 2.81. The van der Waals surface area contributed by atoms with Gasteiger partial charge >= 0.3 is 12.1 Å². The van der Waals surface area contributed by atoms with E-state index >= 15 is 0 Å². The van der Waals surface area contributed by atoms with Gasteiger partial charge in [0.1, 0.15) is 6.61 Å².